The summed E-state index contributed by atoms with van der Waals surface area (Å²) in [7, 11) is 2.85. The first-order valence-corrected chi connectivity index (χ1v) is 9.72. The van der Waals surface area contributed by atoms with Gasteiger partial charge in [0.2, 0.25) is 11.6 Å². The number of methoxy groups -OCH3 is 1. The largest absolute Gasteiger partial charge is 0.487 e. The molecule has 1 atom stereocenters. The van der Waals surface area contributed by atoms with Crippen molar-refractivity contribution in [2.24, 2.45) is 4.99 Å². The minimum Gasteiger partial charge on any atom is -0.487 e. The Bertz CT molecular complexity index is 965. The molecule has 2 aromatic rings. The molecule has 1 unspecified atom stereocenters. The molecule has 0 heterocycles. The average Bonchev–Trinajstić information content (AvgIpc) is 3.13. The second-order valence-electron chi connectivity index (χ2n) is 6.94. The molecule has 2 aromatic carbocycles. The van der Waals surface area contributed by atoms with Crippen molar-refractivity contribution < 1.29 is 19.2 Å². The van der Waals surface area contributed by atoms with E-state index >= 15 is 0 Å². The van der Waals surface area contributed by atoms with Crippen molar-refractivity contribution in [1.82, 2.24) is 0 Å². The summed E-state index contributed by atoms with van der Waals surface area (Å²) in [4.78, 5) is 21.9. The van der Waals surface area contributed by atoms with Crippen LogP contribution in [0.25, 0.3) is 5.70 Å². The monoisotopic (exact) mass is 395 g/mol. The number of benzene rings is 2. The molecule has 0 spiro atoms. The molecule has 0 saturated heterocycles. The second kappa shape index (κ2) is 8.90. The molecular weight excluding hydrogens is 368 g/mol. The minimum atomic E-state index is 0.247. The summed E-state index contributed by atoms with van der Waals surface area (Å²) in [6.07, 6.45) is 2.16. The number of hydrogen-bond acceptors (Lipinski definition) is 5. The predicted octanol–water partition coefficient (Wildman–Crippen LogP) is 5.17. The highest BCUT2D eigenvalue weighted by molar-refractivity contribution is 5.98. The maximum absolute atomic E-state index is 12.1. The Morgan fingerprint density at radius 3 is 2.76 bits per heavy atom. The maximum atomic E-state index is 12.1. The van der Waals surface area contributed by atoms with Crippen LogP contribution in [0.1, 0.15) is 48.4 Å². The van der Waals surface area contributed by atoms with Crippen LogP contribution in [-0.2, 0) is 16.0 Å². The fourth-order valence-electron chi connectivity index (χ4n) is 3.71. The van der Waals surface area contributed by atoms with Crippen LogP contribution < -0.4 is 4.74 Å². The van der Waals surface area contributed by atoms with E-state index in [0.29, 0.717) is 40.4 Å². The van der Waals surface area contributed by atoms with E-state index in [1.807, 2.05) is 19.1 Å². The van der Waals surface area contributed by atoms with Gasteiger partial charge in [-0.1, -0.05) is 31.7 Å². The van der Waals surface area contributed by atoms with Crippen LogP contribution in [0.2, 0.25) is 0 Å². The van der Waals surface area contributed by atoms with Crippen molar-refractivity contribution in [1.29, 1.82) is 0 Å². The Labute approximate surface area is 171 Å². The fraction of sp³-hybridized carbons (Fsp3) is 0.348. The molecule has 0 aliphatic heterocycles. The summed E-state index contributed by atoms with van der Waals surface area (Å²) in [5.74, 6) is 1.35. The van der Waals surface area contributed by atoms with Crippen molar-refractivity contribution in [3.63, 3.8) is 0 Å². The van der Waals surface area contributed by atoms with Gasteiger partial charge in [-0.2, -0.15) is 0 Å². The number of hydrogen-bond donors (Lipinski definition) is 0. The summed E-state index contributed by atoms with van der Waals surface area (Å²) >= 11 is 0. The van der Waals surface area contributed by atoms with Crippen LogP contribution in [0.3, 0.4) is 0 Å². The van der Waals surface area contributed by atoms with Gasteiger partial charge in [0.15, 0.2) is 7.11 Å². The molecule has 0 amide bonds. The number of rotatable bonds is 7. The number of ether oxygens (including phenoxy) is 2. The highest BCUT2D eigenvalue weighted by atomic mass is 16.8. The molecule has 0 N–H and O–H groups in total. The van der Waals surface area contributed by atoms with Crippen LogP contribution in [0.4, 0.5) is 5.69 Å². The molecule has 0 radical (unpaired) electrons. The van der Waals surface area contributed by atoms with Gasteiger partial charge in [0, 0.05) is 17.2 Å². The van der Waals surface area contributed by atoms with Gasteiger partial charge in [-0.15, -0.1) is 0 Å². The number of nitrogens with zero attached hydrogens (tertiary/aromatic N) is 2. The summed E-state index contributed by atoms with van der Waals surface area (Å²) in [6, 6.07) is 11.4. The van der Waals surface area contributed by atoms with Crippen molar-refractivity contribution in [3.05, 3.63) is 70.1 Å². The molecule has 6 nitrogen and oxygen atoms in total. The number of fused-ring (bicyclic) bond motifs is 1. The molecule has 0 bridgehead atoms. The summed E-state index contributed by atoms with van der Waals surface area (Å²) < 4.78 is 11.0. The molecule has 0 saturated carbocycles. The van der Waals surface area contributed by atoms with E-state index in [9.17, 15) is 4.91 Å². The lowest BCUT2D eigenvalue weighted by atomic mass is 9.98. The fourth-order valence-corrected chi connectivity index (χ4v) is 3.71. The first kappa shape index (κ1) is 20.6. The molecule has 1 aliphatic carbocycles. The molecule has 0 aromatic heterocycles. The lowest BCUT2D eigenvalue weighted by Gasteiger charge is -2.12. The quantitative estimate of drug-likeness (QED) is 0.369. The maximum Gasteiger partial charge on any atom is 0.358 e. The Morgan fingerprint density at radius 2 is 2.07 bits per heavy atom. The van der Waals surface area contributed by atoms with Crippen molar-refractivity contribution in [2.75, 3.05) is 20.8 Å². The third kappa shape index (κ3) is 4.16. The van der Waals surface area contributed by atoms with Crippen molar-refractivity contribution >= 4 is 17.3 Å². The first-order chi connectivity index (χ1) is 14.0. The van der Waals surface area contributed by atoms with Gasteiger partial charge in [0.05, 0.1) is 24.3 Å². The minimum absolute atomic E-state index is 0.247. The van der Waals surface area contributed by atoms with Gasteiger partial charge >= 0.3 is 5.69 Å². The van der Waals surface area contributed by atoms with E-state index in [1.165, 1.54) is 18.2 Å². The number of aliphatic imine (C=N–C) groups is 1. The van der Waals surface area contributed by atoms with Gasteiger partial charge in [-0.25, -0.2) is 9.83 Å². The van der Waals surface area contributed by atoms with Crippen LogP contribution in [0.15, 0.2) is 48.0 Å². The zero-order valence-electron chi connectivity index (χ0n) is 17.4. The molecule has 152 valence electrons. The summed E-state index contributed by atoms with van der Waals surface area (Å²) in [5.41, 5.74) is 5.22. The van der Waals surface area contributed by atoms with Crippen LogP contribution in [-0.4, -0.2) is 31.6 Å². The Kier molecular flexibility index (Phi) is 6.32. The smallest absolute Gasteiger partial charge is 0.358 e. The van der Waals surface area contributed by atoms with Gasteiger partial charge in [-0.05, 0) is 48.9 Å². The van der Waals surface area contributed by atoms with E-state index in [1.54, 1.807) is 25.3 Å². The summed E-state index contributed by atoms with van der Waals surface area (Å²) in [5, 5.41) is 0. The Balaban J connectivity index is 1.99. The molecular formula is C23H27N2O4+. The first-order valence-electron chi connectivity index (χ1n) is 9.72. The normalized spacial score (nSPS) is 15.6. The lowest BCUT2D eigenvalue weighted by molar-refractivity contribution is -0.736. The molecule has 29 heavy (non-hydrogen) atoms. The third-order valence-electron chi connectivity index (χ3n) is 5.18. The highest BCUT2D eigenvalue weighted by Gasteiger charge is 2.25. The Hall–Kier alpha value is -3.15. The van der Waals surface area contributed by atoms with Crippen LogP contribution in [0.5, 0.6) is 5.75 Å². The molecule has 6 heteroatoms. The van der Waals surface area contributed by atoms with Gasteiger partial charge in [0.25, 0.3) is 4.92 Å². The molecule has 0 fully saturated rings. The highest BCUT2D eigenvalue weighted by Crippen LogP contribution is 2.37. The average molecular weight is 395 g/mol. The predicted molar refractivity (Wildman–Crippen MR) is 114 cm³/mol. The van der Waals surface area contributed by atoms with E-state index in [2.05, 4.69) is 24.6 Å². The van der Waals surface area contributed by atoms with Crippen molar-refractivity contribution in [3.8, 4) is 5.75 Å². The standard InChI is InChI=1S/C23H27N2O4/c1-6-29-22-13-11-17(14-21(22)25(26)28-5)23(27-4)24-16(3)19-9-7-8-18-15(2)10-12-20(18)19/h7-9,11,13-15H,3,6,10,12H2,1-2,4-5H3/q+1. The lowest BCUT2D eigenvalue weighted by Crippen LogP contribution is -2.08. The van der Waals surface area contributed by atoms with Crippen LogP contribution >= 0.6 is 0 Å². The van der Waals surface area contributed by atoms with Crippen LogP contribution in [0, 0.1) is 4.91 Å². The SMILES string of the molecule is C=C(N=C(OC)c1ccc(OCC)c([N+](=O)OC)c1)c1cccc2c1CCC2C. The van der Waals surface area contributed by atoms with E-state index < -0.39 is 0 Å². The van der Waals surface area contributed by atoms with E-state index in [4.69, 9.17) is 14.3 Å². The molecule has 3 rings (SSSR count). The van der Waals surface area contributed by atoms with Gasteiger partial charge in [0.1, 0.15) is 0 Å². The zero-order chi connectivity index (χ0) is 21.0. The van der Waals surface area contributed by atoms with Gasteiger partial charge < -0.3 is 9.47 Å². The summed E-state index contributed by atoms with van der Waals surface area (Å²) in [6.45, 7) is 8.70. The Morgan fingerprint density at radius 1 is 1.28 bits per heavy atom. The zero-order valence-corrected chi connectivity index (χ0v) is 17.4. The van der Waals surface area contributed by atoms with E-state index in [-0.39, 0.29) is 5.69 Å². The topological polar surface area (TPSA) is 60.1 Å². The van der Waals surface area contributed by atoms with Gasteiger partial charge in [-0.3, -0.25) is 0 Å². The van der Waals surface area contributed by atoms with E-state index in [0.717, 1.165) is 18.4 Å². The third-order valence-corrected chi connectivity index (χ3v) is 5.18. The van der Waals surface area contributed by atoms with Crippen molar-refractivity contribution in [2.45, 2.75) is 32.6 Å². The second-order valence-corrected chi connectivity index (χ2v) is 6.94. The molecule has 1 aliphatic rings.